The van der Waals surface area contributed by atoms with Crippen LogP contribution < -0.4 is 0 Å². The molecule has 1 aromatic carbocycles. The van der Waals surface area contributed by atoms with E-state index in [1.165, 1.54) is 4.68 Å². The van der Waals surface area contributed by atoms with Crippen LogP contribution in [0.5, 0.6) is 0 Å². The number of esters is 1. The van der Waals surface area contributed by atoms with Crippen LogP contribution in [0, 0.1) is 5.41 Å². The maximum absolute atomic E-state index is 12.6. The van der Waals surface area contributed by atoms with Crippen LogP contribution in [0.1, 0.15) is 25.6 Å². The van der Waals surface area contributed by atoms with Gasteiger partial charge in [-0.25, -0.2) is 4.98 Å². The normalized spacial score (nSPS) is 20.4. The summed E-state index contributed by atoms with van der Waals surface area (Å²) in [6, 6.07) is 7.03. The highest BCUT2D eigenvalue weighted by atomic mass is 35.5. The van der Waals surface area contributed by atoms with E-state index >= 15 is 0 Å². The number of carbonyl (C=O) groups excluding carboxylic acids is 2. The molecule has 1 saturated heterocycles. The highest BCUT2D eigenvalue weighted by Gasteiger charge is 2.47. The minimum Gasteiger partial charge on any atom is -0.464 e. The van der Waals surface area contributed by atoms with Crippen molar-refractivity contribution >= 4 is 23.4 Å². The van der Waals surface area contributed by atoms with Crippen molar-refractivity contribution < 1.29 is 14.3 Å². The minimum absolute atomic E-state index is 0.0864. The third-order valence-electron chi connectivity index (χ3n) is 3.90. The molecule has 7 heteroatoms. The summed E-state index contributed by atoms with van der Waals surface area (Å²) in [4.78, 5) is 29.1. The first kappa shape index (κ1) is 15.7. The van der Waals surface area contributed by atoms with E-state index in [1.807, 2.05) is 0 Å². The molecule has 1 aromatic heterocycles. The summed E-state index contributed by atoms with van der Waals surface area (Å²) in [6.07, 6.45) is 0. The molecule has 23 heavy (non-hydrogen) atoms. The lowest BCUT2D eigenvalue weighted by Crippen LogP contribution is -2.44. The Kier molecular flexibility index (Phi) is 3.72. The summed E-state index contributed by atoms with van der Waals surface area (Å²) in [5.41, 5.74) is 0.0254. The molecule has 1 aliphatic rings. The third kappa shape index (κ3) is 2.74. The molecule has 3 rings (SSSR count). The van der Waals surface area contributed by atoms with Gasteiger partial charge in [0.2, 0.25) is 0 Å². The standard InChI is InChI=1S/C16H16ClN3O3/c1-16(2)8-23-15(22)11(12(16)21)14-18-13(19-20(14)3)9-4-6-10(17)7-5-9/h4-7,11H,8H2,1-3H3. The molecule has 0 aliphatic carbocycles. The Morgan fingerprint density at radius 3 is 2.57 bits per heavy atom. The van der Waals surface area contributed by atoms with Gasteiger partial charge in [-0.3, -0.25) is 14.3 Å². The van der Waals surface area contributed by atoms with Crippen LogP contribution in [-0.4, -0.2) is 33.1 Å². The lowest BCUT2D eigenvalue weighted by atomic mass is 9.79. The molecule has 2 heterocycles. The third-order valence-corrected chi connectivity index (χ3v) is 4.15. The average Bonchev–Trinajstić information content (AvgIpc) is 2.87. The zero-order valence-electron chi connectivity index (χ0n) is 13.0. The molecule has 6 nitrogen and oxygen atoms in total. The second-order valence-corrected chi connectivity index (χ2v) is 6.65. The lowest BCUT2D eigenvalue weighted by Gasteiger charge is -2.31. The number of ether oxygens (including phenoxy) is 1. The summed E-state index contributed by atoms with van der Waals surface area (Å²) in [6.45, 7) is 3.60. The number of cyclic esters (lactones) is 1. The van der Waals surface area contributed by atoms with E-state index in [9.17, 15) is 9.59 Å². The van der Waals surface area contributed by atoms with Gasteiger partial charge >= 0.3 is 5.97 Å². The van der Waals surface area contributed by atoms with Gasteiger partial charge in [-0.1, -0.05) is 11.6 Å². The number of halogens is 1. The van der Waals surface area contributed by atoms with E-state index in [-0.39, 0.29) is 18.2 Å². The van der Waals surface area contributed by atoms with Crippen molar-refractivity contribution in [2.45, 2.75) is 19.8 Å². The fraction of sp³-hybridized carbons (Fsp3) is 0.375. The van der Waals surface area contributed by atoms with Crippen LogP contribution in [0.2, 0.25) is 5.02 Å². The largest absolute Gasteiger partial charge is 0.464 e. The summed E-state index contributed by atoms with van der Waals surface area (Å²) < 4.78 is 6.61. The molecule has 0 spiro atoms. The number of hydrogen-bond donors (Lipinski definition) is 0. The number of rotatable bonds is 2. The topological polar surface area (TPSA) is 74.1 Å². The van der Waals surface area contributed by atoms with E-state index in [0.717, 1.165) is 5.56 Å². The van der Waals surface area contributed by atoms with Crippen molar-refractivity contribution in [3.63, 3.8) is 0 Å². The molecule has 2 aromatic rings. The average molecular weight is 334 g/mol. The number of aromatic nitrogens is 3. The summed E-state index contributed by atoms with van der Waals surface area (Å²) in [5.74, 6) is -1.10. The highest BCUT2D eigenvalue weighted by molar-refractivity contribution is 6.30. The SMILES string of the molecule is Cn1nc(-c2ccc(Cl)cc2)nc1C1C(=O)OCC(C)(C)C1=O. The number of carbonyl (C=O) groups is 2. The Morgan fingerprint density at radius 2 is 1.91 bits per heavy atom. The number of aryl methyl sites for hydroxylation is 1. The Hall–Kier alpha value is -2.21. The van der Waals surface area contributed by atoms with Crippen LogP contribution in [0.15, 0.2) is 24.3 Å². The van der Waals surface area contributed by atoms with Crippen molar-refractivity contribution in [2.24, 2.45) is 12.5 Å². The summed E-state index contributed by atoms with van der Waals surface area (Å²) in [5, 5.41) is 4.91. The van der Waals surface area contributed by atoms with Crippen molar-refractivity contribution in [3.05, 3.63) is 35.1 Å². The second-order valence-electron chi connectivity index (χ2n) is 6.21. The van der Waals surface area contributed by atoms with Crippen LogP contribution >= 0.6 is 11.6 Å². The Bertz CT molecular complexity index is 780. The highest BCUT2D eigenvalue weighted by Crippen LogP contribution is 2.33. The fourth-order valence-electron chi connectivity index (χ4n) is 2.50. The Labute approximate surface area is 138 Å². The first-order valence-electron chi connectivity index (χ1n) is 7.17. The van der Waals surface area contributed by atoms with Crippen molar-refractivity contribution in [2.75, 3.05) is 6.61 Å². The molecule has 0 radical (unpaired) electrons. The fourth-order valence-corrected chi connectivity index (χ4v) is 2.62. The maximum Gasteiger partial charge on any atom is 0.324 e. The molecule has 0 saturated carbocycles. The molecule has 0 amide bonds. The zero-order valence-corrected chi connectivity index (χ0v) is 13.8. The number of Topliss-reactive ketones (excluding diaryl/α,β-unsaturated/α-hetero) is 1. The van der Waals surface area contributed by atoms with E-state index in [1.54, 1.807) is 45.2 Å². The number of hydrogen-bond acceptors (Lipinski definition) is 5. The number of ketones is 1. The molecule has 120 valence electrons. The molecular weight excluding hydrogens is 318 g/mol. The van der Waals surface area contributed by atoms with E-state index < -0.39 is 17.3 Å². The second kappa shape index (κ2) is 5.45. The van der Waals surface area contributed by atoms with Crippen molar-refractivity contribution in [1.82, 2.24) is 14.8 Å². The molecule has 0 bridgehead atoms. The van der Waals surface area contributed by atoms with Crippen molar-refractivity contribution in [1.29, 1.82) is 0 Å². The van der Waals surface area contributed by atoms with E-state index in [2.05, 4.69) is 10.1 Å². The van der Waals surface area contributed by atoms with E-state index in [0.29, 0.717) is 10.8 Å². The van der Waals surface area contributed by atoms with Crippen LogP contribution in [0.3, 0.4) is 0 Å². The monoisotopic (exact) mass is 333 g/mol. The number of nitrogens with zero attached hydrogens (tertiary/aromatic N) is 3. The van der Waals surface area contributed by atoms with Gasteiger partial charge in [0.25, 0.3) is 0 Å². The Balaban J connectivity index is 2.02. The van der Waals surface area contributed by atoms with Gasteiger partial charge in [0.15, 0.2) is 17.5 Å². The maximum atomic E-state index is 12.6. The molecular formula is C16H16ClN3O3. The van der Waals surface area contributed by atoms with Crippen LogP contribution in [0.4, 0.5) is 0 Å². The molecule has 1 aliphatic heterocycles. The molecule has 1 atom stereocenters. The molecule has 0 N–H and O–H groups in total. The lowest BCUT2D eigenvalue weighted by molar-refractivity contribution is -0.162. The predicted molar refractivity (Wildman–Crippen MR) is 83.9 cm³/mol. The summed E-state index contributed by atoms with van der Waals surface area (Å²) >= 11 is 5.88. The van der Waals surface area contributed by atoms with E-state index in [4.69, 9.17) is 16.3 Å². The molecule has 1 fully saturated rings. The minimum atomic E-state index is -1.04. The van der Waals surface area contributed by atoms with Gasteiger partial charge in [-0.15, -0.1) is 0 Å². The number of benzene rings is 1. The van der Waals surface area contributed by atoms with Gasteiger partial charge < -0.3 is 4.74 Å². The first-order valence-corrected chi connectivity index (χ1v) is 7.55. The van der Waals surface area contributed by atoms with Gasteiger partial charge in [-0.2, -0.15) is 5.10 Å². The van der Waals surface area contributed by atoms with Gasteiger partial charge in [0, 0.05) is 17.6 Å². The first-order chi connectivity index (χ1) is 10.8. The van der Waals surface area contributed by atoms with Crippen molar-refractivity contribution in [3.8, 4) is 11.4 Å². The predicted octanol–water partition coefficient (Wildman–Crippen LogP) is 2.37. The van der Waals surface area contributed by atoms with Gasteiger partial charge in [0.05, 0.1) is 5.41 Å². The quantitative estimate of drug-likeness (QED) is 0.623. The van der Waals surface area contributed by atoms with Crippen LogP contribution in [-0.2, 0) is 21.4 Å². The Morgan fingerprint density at radius 1 is 1.26 bits per heavy atom. The summed E-state index contributed by atoms with van der Waals surface area (Å²) in [7, 11) is 1.66. The molecule has 1 unspecified atom stereocenters. The van der Waals surface area contributed by atoms with Gasteiger partial charge in [-0.05, 0) is 38.1 Å². The van der Waals surface area contributed by atoms with Crippen LogP contribution in [0.25, 0.3) is 11.4 Å². The smallest absolute Gasteiger partial charge is 0.324 e. The zero-order chi connectivity index (χ0) is 16.8. The van der Waals surface area contributed by atoms with Gasteiger partial charge in [0.1, 0.15) is 12.4 Å².